The molecule has 1 aliphatic carbocycles. The highest BCUT2D eigenvalue weighted by Crippen LogP contribution is 2.26. The van der Waals surface area contributed by atoms with Gasteiger partial charge in [0.15, 0.2) is 5.82 Å². The molecule has 0 bridgehead atoms. The largest absolute Gasteiger partial charge is 0.354 e. The zero-order valence-electron chi connectivity index (χ0n) is 11.0. The topological polar surface area (TPSA) is 46.3 Å². The van der Waals surface area contributed by atoms with E-state index in [1.807, 2.05) is 23.7 Å². The van der Waals surface area contributed by atoms with Gasteiger partial charge in [-0.1, -0.05) is 19.3 Å². The van der Waals surface area contributed by atoms with Crippen molar-refractivity contribution in [1.29, 1.82) is 0 Å². The second kappa shape index (κ2) is 4.55. The van der Waals surface area contributed by atoms with Crippen LogP contribution in [0.5, 0.6) is 0 Å². The number of hydrogen-bond acceptors (Lipinski definition) is 4. The van der Waals surface area contributed by atoms with E-state index in [9.17, 15) is 0 Å². The molecule has 96 valence electrons. The number of anilines is 1. The zero-order chi connectivity index (χ0) is 12.5. The first-order valence-corrected chi connectivity index (χ1v) is 6.66. The van der Waals surface area contributed by atoms with E-state index >= 15 is 0 Å². The predicted octanol–water partition coefficient (Wildman–Crippen LogP) is 2.20. The molecule has 5 heteroatoms. The highest BCUT2D eigenvalue weighted by atomic mass is 15.3. The fourth-order valence-corrected chi connectivity index (χ4v) is 2.82. The van der Waals surface area contributed by atoms with Crippen molar-refractivity contribution in [3.8, 4) is 0 Å². The molecule has 0 amide bonds. The summed E-state index contributed by atoms with van der Waals surface area (Å²) < 4.78 is 2.00. The summed E-state index contributed by atoms with van der Waals surface area (Å²) in [4.78, 5) is 6.78. The minimum absolute atomic E-state index is 0.592. The van der Waals surface area contributed by atoms with Crippen molar-refractivity contribution in [2.24, 2.45) is 0 Å². The van der Waals surface area contributed by atoms with Crippen LogP contribution >= 0.6 is 0 Å². The van der Waals surface area contributed by atoms with Crippen molar-refractivity contribution in [3.63, 3.8) is 0 Å². The molecule has 0 spiro atoms. The quantitative estimate of drug-likeness (QED) is 0.813. The van der Waals surface area contributed by atoms with Gasteiger partial charge in [-0.25, -0.2) is 4.98 Å². The Kier molecular flexibility index (Phi) is 2.89. The number of hydrogen-bond donors (Lipinski definition) is 0. The summed E-state index contributed by atoms with van der Waals surface area (Å²) in [6.07, 6.45) is 10.3. The number of rotatable bonds is 2. The molecule has 0 unspecified atom stereocenters. The molecule has 1 fully saturated rings. The van der Waals surface area contributed by atoms with E-state index in [1.165, 1.54) is 32.1 Å². The van der Waals surface area contributed by atoms with Gasteiger partial charge >= 0.3 is 0 Å². The minimum Gasteiger partial charge on any atom is -0.354 e. The van der Waals surface area contributed by atoms with Gasteiger partial charge in [-0.15, -0.1) is 10.2 Å². The zero-order valence-corrected chi connectivity index (χ0v) is 11.0. The van der Waals surface area contributed by atoms with E-state index in [4.69, 9.17) is 0 Å². The normalized spacial score (nSPS) is 17.2. The Labute approximate surface area is 107 Å². The minimum atomic E-state index is 0.592. The summed E-state index contributed by atoms with van der Waals surface area (Å²) in [5.74, 6) is 1.86. The van der Waals surface area contributed by atoms with E-state index < -0.39 is 0 Å². The fourth-order valence-electron chi connectivity index (χ4n) is 2.82. The summed E-state index contributed by atoms with van der Waals surface area (Å²) in [6, 6.07) is 0.592. The Balaban J connectivity index is 1.97. The SMILES string of the molecule is Cc1nnc2c(N(C)C3CCCCC3)nccn12. The Bertz CT molecular complexity index is 541. The molecule has 0 saturated heterocycles. The standard InChI is InChI=1S/C13H19N5/c1-10-15-16-13-12(14-8-9-18(10)13)17(2)11-6-4-3-5-7-11/h8-9,11H,3-7H2,1-2H3. The molecule has 0 N–H and O–H groups in total. The molecule has 2 aromatic rings. The molecule has 3 rings (SSSR count). The molecule has 18 heavy (non-hydrogen) atoms. The van der Waals surface area contributed by atoms with Crippen LogP contribution in [0.4, 0.5) is 5.82 Å². The molecule has 2 aromatic heterocycles. The third-order valence-electron chi connectivity index (χ3n) is 3.94. The van der Waals surface area contributed by atoms with Crippen molar-refractivity contribution in [1.82, 2.24) is 19.6 Å². The van der Waals surface area contributed by atoms with E-state index in [0.29, 0.717) is 6.04 Å². The Morgan fingerprint density at radius 2 is 2.00 bits per heavy atom. The van der Waals surface area contributed by atoms with Gasteiger partial charge in [0.05, 0.1) is 0 Å². The molecule has 2 heterocycles. The molecule has 1 saturated carbocycles. The van der Waals surface area contributed by atoms with Crippen LogP contribution in [0.1, 0.15) is 37.9 Å². The van der Waals surface area contributed by atoms with Crippen LogP contribution in [-0.2, 0) is 0 Å². The lowest BCUT2D eigenvalue weighted by Gasteiger charge is -2.31. The van der Waals surface area contributed by atoms with Crippen LogP contribution in [-0.4, -0.2) is 32.7 Å². The van der Waals surface area contributed by atoms with Crippen LogP contribution < -0.4 is 4.90 Å². The second-order valence-electron chi connectivity index (χ2n) is 5.09. The van der Waals surface area contributed by atoms with E-state index in [2.05, 4.69) is 27.1 Å². The third kappa shape index (κ3) is 1.83. The molecule has 0 aromatic carbocycles. The molecular weight excluding hydrogens is 226 g/mol. The summed E-state index contributed by atoms with van der Waals surface area (Å²) in [7, 11) is 2.13. The van der Waals surface area contributed by atoms with Crippen molar-refractivity contribution in [3.05, 3.63) is 18.2 Å². The van der Waals surface area contributed by atoms with Crippen LogP contribution in [0.2, 0.25) is 0 Å². The Morgan fingerprint density at radius 3 is 2.78 bits per heavy atom. The Hall–Kier alpha value is -1.65. The van der Waals surface area contributed by atoms with Gasteiger partial charge in [-0.05, 0) is 19.8 Å². The van der Waals surface area contributed by atoms with Gasteiger partial charge in [-0.2, -0.15) is 0 Å². The van der Waals surface area contributed by atoms with Crippen LogP contribution in [0.3, 0.4) is 0 Å². The van der Waals surface area contributed by atoms with Gasteiger partial charge in [-0.3, -0.25) is 4.40 Å². The van der Waals surface area contributed by atoms with Crippen LogP contribution in [0.25, 0.3) is 5.65 Å². The molecule has 0 aliphatic heterocycles. The second-order valence-corrected chi connectivity index (χ2v) is 5.09. The van der Waals surface area contributed by atoms with Gasteiger partial charge in [0, 0.05) is 25.5 Å². The van der Waals surface area contributed by atoms with Crippen molar-refractivity contribution in [2.75, 3.05) is 11.9 Å². The van der Waals surface area contributed by atoms with Crippen LogP contribution in [0.15, 0.2) is 12.4 Å². The maximum absolute atomic E-state index is 4.50. The molecule has 5 nitrogen and oxygen atoms in total. The first kappa shape index (κ1) is 11.4. The predicted molar refractivity (Wildman–Crippen MR) is 70.8 cm³/mol. The molecule has 0 radical (unpaired) electrons. The van der Waals surface area contributed by atoms with E-state index in [0.717, 1.165) is 17.3 Å². The average Bonchev–Trinajstić information content (AvgIpc) is 2.81. The summed E-state index contributed by atoms with van der Waals surface area (Å²) in [5.41, 5.74) is 0.864. The summed E-state index contributed by atoms with van der Waals surface area (Å²) >= 11 is 0. The van der Waals surface area contributed by atoms with Gasteiger partial charge < -0.3 is 4.90 Å². The fraction of sp³-hybridized carbons (Fsp3) is 0.615. The first-order chi connectivity index (χ1) is 8.77. The van der Waals surface area contributed by atoms with Gasteiger partial charge in [0.25, 0.3) is 0 Å². The lowest BCUT2D eigenvalue weighted by Crippen LogP contribution is -2.34. The first-order valence-electron chi connectivity index (χ1n) is 6.66. The van der Waals surface area contributed by atoms with Crippen molar-refractivity contribution < 1.29 is 0 Å². The summed E-state index contributed by atoms with van der Waals surface area (Å²) in [5, 5.41) is 8.37. The monoisotopic (exact) mass is 245 g/mol. The van der Waals surface area contributed by atoms with E-state index in [1.54, 1.807) is 0 Å². The molecule has 1 aliphatic rings. The number of nitrogens with zero attached hydrogens (tertiary/aromatic N) is 5. The Morgan fingerprint density at radius 1 is 1.22 bits per heavy atom. The third-order valence-corrected chi connectivity index (χ3v) is 3.94. The van der Waals surface area contributed by atoms with Gasteiger partial charge in [0.2, 0.25) is 5.65 Å². The van der Waals surface area contributed by atoms with E-state index in [-0.39, 0.29) is 0 Å². The summed E-state index contributed by atoms with van der Waals surface area (Å²) in [6.45, 7) is 1.96. The maximum Gasteiger partial charge on any atom is 0.203 e. The van der Waals surface area contributed by atoms with Crippen LogP contribution in [0, 0.1) is 6.92 Å². The highest BCUT2D eigenvalue weighted by Gasteiger charge is 2.21. The highest BCUT2D eigenvalue weighted by molar-refractivity contribution is 5.63. The number of fused-ring (bicyclic) bond motifs is 1. The number of aryl methyl sites for hydroxylation is 1. The number of aromatic nitrogens is 4. The van der Waals surface area contributed by atoms with Gasteiger partial charge in [0.1, 0.15) is 5.82 Å². The smallest absolute Gasteiger partial charge is 0.203 e. The van der Waals surface area contributed by atoms with Crippen molar-refractivity contribution in [2.45, 2.75) is 45.1 Å². The van der Waals surface area contributed by atoms with Crippen molar-refractivity contribution >= 4 is 11.5 Å². The lowest BCUT2D eigenvalue weighted by molar-refractivity contribution is 0.426. The lowest BCUT2D eigenvalue weighted by atomic mass is 9.94. The maximum atomic E-state index is 4.50. The molecule has 0 atom stereocenters. The molecular formula is C13H19N5. The average molecular weight is 245 g/mol.